The third kappa shape index (κ3) is 3.68. The lowest BCUT2D eigenvalue weighted by atomic mass is 10.1. The van der Waals surface area contributed by atoms with Crippen molar-refractivity contribution in [3.8, 4) is 11.5 Å². The number of azo groups is 1. The monoisotopic (exact) mass is 384 g/mol. The average molecular weight is 384 g/mol. The smallest absolute Gasteiger partial charge is 0.166 e. The zero-order valence-electron chi connectivity index (χ0n) is 15.8. The SMILES string of the molecule is CNc1cccc(N=Nc2c(Nc3ccccc3O)ccc3ccccc23)c1O. The summed E-state index contributed by atoms with van der Waals surface area (Å²) in [5.74, 6) is 0.178. The van der Waals surface area contributed by atoms with E-state index in [1.807, 2.05) is 42.5 Å². The molecule has 4 N–H and O–H groups in total. The molecule has 0 bridgehead atoms. The van der Waals surface area contributed by atoms with Gasteiger partial charge in [0.2, 0.25) is 0 Å². The molecular formula is C23H20N4O2. The molecule has 0 saturated carbocycles. The lowest BCUT2D eigenvalue weighted by Crippen LogP contribution is -1.92. The summed E-state index contributed by atoms with van der Waals surface area (Å²) in [6.07, 6.45) is 0. The summed E-state index contributed by atoms with van der Waals surface area (Å²) in [5, 5.41) is 37.3. The van der Waals surface area contributed by atoms with Crippen molar-refractivity contribution in [3.05, 3.63) is 78.9 Å². The van der Waals surface area contributed by atoms with Crippen LogP contribution in [0.2, 0.25) is 0 Å². The zero-order chi connectivity index (χ0) is 20.2. The molecular weight excluding hydrogens is 364 g/mol. The van der Waals surface area contributed by atoms with E-state index >= 15 is 0 Å². The molecule has 0 heterocycles. The Bertz CT molecular complexity index is 1200. The average Bonchev–Trinajstić information content (AvgIpc) is 2.75. The highest BCUT2D eigenvalue weighted by molar-refractivity contribution is 5.99. The number of hydrogen-bond donors (Lipinski definition) is 4. The predicted molar refractivity (Wildman–Crippen MR) is 117 cm³/mol. The maximum atomic E-state index is 10.4. The minimum absolute atomic E-state index is 0.0363. The van der Waals surface area contributed by atoms with Crippen molar-refractivity contribution >= 4 is 39.2 Å². The second kappa shape index (κ2) is 7.90. The summed E-state index contributed by atoms with van der Waals surface area (Å²) in [4.78, 5) is 0. The highest BCUT2D eigenvalue weighted by Crippen LogP contribution is 2.40. The van der Waals surface area contributed by atoms with Crippen LogP contribution in [0.4, 0.5) is 28.4 Å². The standard InChI is InChI=1S/C23H20N4O2/c1-24-19-10-6-11-20(23(19)29)26-27-22-16-8-3-2-7-15(16)13-14-18(22)25-17-9-4-5-12-21(17)28/h2-14,24-25,28-29H,1H3. The van der Waals surface area contributed by atoms with E-state index in [2.05, 4.69) is 20.9 Å². The van der Waals surface area contributed by atoms with E-state index in [1.54, 1.807) is 43.4 Å². The molecule has 0 aliphatic carbocycles. The van der Waals surface area contributed by atoms with E-state index in [9.17, 15) is 10.2 Å². The molecule has 6 heteroatoms. The van der Waals surface area contributed by atoms with Gasteiger partial charge in [-0.25, -0.2) is 0 Å². The quantitative estimate of drug-likeness (QED) is 0.235. The van der Waals surface area contributed by atoms with Crippen molar-refractivity contribution in [3.63, 3.8) is 0 Å². The second-order valence-corrected chi connectivity index (χ2v) is 6.45. The van der Waals surface area contributed by atoms with E-state index in [0.29, 0.717) is 28.4 Å². The van der Waals surface area contributed by atoms with Crippen LogP contribution < -0.4 is 10.6 Å². The minimum atomic E-state index is 0.0363. The lowest BCUT2D eigenvalue weighted by Gasteiger charge is -2.12. The number of phenols is 2. The first-order valence-electron chi connectivity index (χ1n) is 9.15. The molecule has 0 amide bonds. The fourth-order valence-electron chi connectivity index (χ4n) is 3.11. The Balaban J connectivity index is 1.82. The van der Waals surface area contributed by atoms with Crippen LogP contribution in [0.5, 0.6) is 11.5 Å². The first-order chi connectivity index (χ1) is 14.2. The number of phenolic OH excluding ortho intramolecular Hbond substituents is 2. The minimum Gasteiger partial charge on any atom is -0.506 e. The van der Waals surface area contributed by atoms with Gasteiger partial charge in [-0.2, -0.15) is 0 Å². The van der Waals surface area contributed by atoms with Crippen molar-refractivity contribution < 1.29 is 10.2 Å². The van der Waals surface area contributed by atoms with E-state index < -0.39 is 0 Å². The number of para-hydroxylation sites is 3. The van der Waals surface area contributed by atoms with Gasteiger partial charge < -0.3 is 20.8 Å². The van der Waals surface area contributed by atoms with Gasteiger partial charge in [0.15, 0.2) is 5.75 Å². The molecule has 29 heavy (non-hydrogen) atoms. The van der Waals surface area contributed by atoms with E-state index in [1.165, 1.54) is 0 Å². The fraction of sp³-hybridized carbons (Fsp3) is 0.0435. The molecule has 4 aromatic rings. The molecule has 0 aliphatic heterocycles. The maximum absolute atomic E-state index is 10.4. The summed E-state index contributed by atoms with van der Waals surface area (Å²) in [5.41, 5.74) is 2.81. The Kier molecular flexibility index (Phi) is 4.99. The van der Waals surface area contributed by atoms with Crippen LogP contribution in [-0.4, -0.2) is 17.3 Å². The Morgan fingerprint density at radius 3 is 2.28 bits per heavy atom. The number of nitrogens with zero attached hydrogens (tertiary/aromatic N) is 2. The van der Waals surface area contributed by atoms with Crippen molar-refractivity contribution in [1.29, 1.82) is 0 Å². The molecule has 0 atom stereocenters. The molecule has 0 aromatic heterocycles. The largest absolute Gasteiger partial charge is 0.506 e. The van der Waals surface area contributed by atoms with Crippen molar-refractivity contribution in [2.24, 2.45) is 10.2 Å². The number of nitrogens with one attached hydrogen (secondary N) is 2. The molecule has 6 nitrogen and oxygen atoms in total. The van der Waals surface area contributed by atoms with Crippen LogP contribution in [0.3, 0.4) is 0 Å². The summed E-state index contributed by atoms with van der Waals surface area (Å²) < 4.78 is 0. The number of anilines is 3. The van der Waals surface area contributed by atoms with Gasteiger partial charge in [0, 0.05) is 12.4 Å². The van der Waals surface area contributed by atoms with Gasteiger partial charge in [-0.3, -0.25) is 0 Å². The molecule has 0 unspecified atom stereocenters. The van der Waals surface area contributed by atoms with Crippen LogP contribution in [0.15, 0.2) is 89.1 Å². The van der Waals surface area contributed by atoms with Gasteiger partial charge in [0.1, 0.15) is 17.1 Å². The van der Waals surface area contributed by atoms with Crippen LogP contribution in [0.25, 0.3) is 10.8 Å². The van der Waals surface area contributed by atoms with Crippen LogP contribution in [0.1, 0.15) is 0 Å². The molecule has 0 fully saturated rings. The van der Waals surface area contributed by atoms with Crippen molar-refractivity contribution in [1.82, 2.24) is 0 Å². The van der Waals surface area contributed by atoms with Gasteiger partial charge in [-0.15, -0.1) is 10.2 Å². The molecule has 144 valence electrons. The van der Waals surface area contributed by atoms with Gasteiger partial charge in [-0.1, -0.05) is 48.5 Å². The first kappa shape index (κ1) is 18.3. The lowest BCUT2D eigenvalue weighted by molar-refractivity contribution is 0.477. The van der Waals surface area contributed by atoms with E-state index in [4.69, 9.17) is 0 Å². The number of fused-ring (bicyclic) bond motifs is 1. The highest BCUT2D eigenvalue weighted by atomic mass is 16.3. The zero-order valence-corrected chi connectivity index (χ0v) is 15.8. The normalized spacial score (nSPS) is 11.1. The van der Waals surface area contributed by atoms with Gasteiger partial charge in [0.05, 0.1) is 17.1 Å². The molecule has 4 aromatic carbocycles. The number of hydrogen-bond acceptors (Lipinski definition) is 6. The predicted octanol–water partition coefficient (Wildman–Crippen LogP) is 6.45. The van der Waals surface area contributed by atoms with E-state index in [0.717, 1.165) is 10.8 Å². The summed E-state index contributed by atoms with van der Waals surface area (Å²) in [7, 11) is 1.73. The Hall–Kier alpha value is -4.06. The van der Waals surface area contributed by atoms with Crippen LogP contribution >= 0.6 is 0 Å². The second-order valence-electron chi connectivity index (χ2n) is 6.45. The highest BCUT2D eigenvalue weighted by Gasteiger charge is 2.11. The Morgan fingerprint density at radius 1 is 0.690 bits per heavy atom. The van der Waals surface area contributed by atoms with Crippen LogP contribution in [-0.2, 0) is 0 Å². The van der Waals surface area contributed by atoms with Gasteiger partial charge >= 0.3 is 0 Å². The third-order valence-corrected chi connectivity index (χ3v) is 4.62. The Morgan fingerprint density at radius 2 is 1.45 bits per heavy atom. The molecule has 4 rings (SSSR count). The number of benzene rings is 4. The first-order valence-corrected chi connectivity index (χ1v) is 9.15. The van der Waals surface area contributed by atoms with Crippen molar-refractivity contribution in [2.45, 2.75) is 0 Å². The molecule has 0 aliphatic rings. The van der Waals surface area contributed by atoms with Crippen molar-refractivity contribution in [2.75, 3.05) is 17.7 Å². The van der Waals surface area contributed by atoms with Gasteiger partial charge in [-0.05, 0) is 35.7 Å². The summed E-state index contributed by atoms with van der Waals surface area (Å²) in [6, 6.07) is 24.0. The summed E-state index contributed by atoms with van der Waals surface area (Å²) >= 11 is 0. The number of rotatable bonds is 5. The molecule has 0 radical (unpaired) electrons. The number of aromatic hydroxyl groups is 2. The van der Waals surface area contributed by atoms with E-state index in [-0.39, 0.29) is 11.5 Å². The Labute approximate surface area is 168 Å². The third-order valence-electron chi connectivity index (χ3n) is 4.62. The summed E-state index contributed by atoms with van der Waals surface area (Å²) in [6.45, 7) is 0. The maximum Gasteiger partial charge on any atom is 0.166 e. The topological polar surface area (TPSA) is 89.2 Å². The fourth-order valence-corrected chi connectivity index (χ4v) is 3.11. The van der Waals surface area contributed by atoms with Crippen LogP contribution in [0, 0.1) is 0 Å². The molecule has 0 saturated heterocycles. The van der Waals surface area contributed by atoms with Gasteiger partial charge in [0.25, 0.3) is 0 Å². The molecule has 0 spiro atoms.